The van der Waals surface area contributed by atoms with E-state index in [-0.39, 0.29) is 0 Å². The summed E-state index contributed by atoms with van der Waals surface area (Å²) in [4.78, 5) is 0. The van der Waals surface area contributed by atoms with Crippen LogP contribution in [0.25, 0.3) is 22.3 Å². The Hall–Kier alpha value is -2.34. The van der Waals surface area contributed by atoms with Crippen molar-refractivity contribution in [1.29, 1.82) is 0 Å². The summed E-state index contributed by atoms with van der Waals surface area (Å²) in [5.41, 5.74) is 12.0. The molecule has 0 fully saturated rings. The van der Waals surface area contributed by atoms with Crippen molar-refractivity contribution in [3.8, 4) is 22.3 Å². The zero-order valence-electron chi connectivity index (χ0n) is 14.3. The average Bonchev–Trinajstić information content (AvgIpc) is 2.83. The standard InChI is InChI=1S/C24H22/c1-15-11-12-17-7-3-4-9-19(17)21-13-14-22-20-10-6-5-8-18(20)16(2)24(22)23(15)21/h3-10,13-16H,11-12H2,1-2H3. The van der Waals surface area contributed by atoms with Gasteiger partial charge in [0, 0.05) is 5.92 Å². The highest BCUT2D eigenvalue weighted by Crippen LogP contribution is 2.51. The zero-order chi connectivity index (χ0) is 16.3. The van der Waals surface area contributed by atoms with Gasteiger partial charge in [0.2, 0.25) is 0 Å². The molecule has 2 unspecified atom stereocenters. The van der Waals surface area contributed by atoms with E-state index >= 15 is 0 Å². The normalized spacial score (nSPS) is 20.6. The van der Waals surface area contributed by atoms with Crippen LogP contribution in [-0.2, 0) is 6.42 Å². The van der Waals surface area contributed by atoms with Crippen molar-refractivity contribution in [3.05, 3.63) is 82.9 Å². The third-order valence-corrected chi connectivity index (χ3v) is 6.08. The van der Waals surface area contributed by atoms with Crippen molar-refractivity contribution in [3.63, 3.8) is 0 Å². The summed E-state index contributed by atoms with van der Waals surface area (Å²) in [6.07, 6.45) is 2.42. The van der Waals surface area contributed by atoms with E-state index < -0.39 is 0 Å². The van der Waals surface area contributed by atoms with Gasteiger partial charge in [-0.2, -0.15) is 0 Å². The molecule has 3 aromatic rings. The molecule has 0 radical (unpaired) electrons. The molecular weight excluding hydrogens is 288 g/mol. The van der Waals surface area contributed by atoms with Crippen molar-refractivity contribution >= 4 is 0 Å². The van der Waals surface area contributed by atoms with Crippen LogP contribution in [0.4, 0.5) is 0 Å². The van der Waals surface area contributed by atoms with Crippen molar-refractivity contribution in [2.45, 2.75) is 38.5 Å². The summed E-state index contributed by atoms with van der Waals surface area (Å²) >= 11 is 0. The smallest absolute Gasteiger partial charge is 0.00763 e. The third-order valence-electron chi connectivity index (χ3n) is 6.08. The van der Waals surface area contributed by atoms with Gasteiger partial charge < -0.3 is 0 Å². The van der Waals surface area contributed by atoms with E-state index in [0.29, 0.717) is 11.8 Å². The number of aryl methyl sites for hydroxylation is 1. The Morgan fingerprint density at radius 3 is 2.17 bits per heavy atom. The maximum absolute atomic E-state index is 2.42. The molecule has 0 bridgehead atoms. The third kappa shape index (κ3) is 1.80. The molecule has 0 nitrogen and oxygen atoms in total. The monoisotopic (exact) mass is 310 g/mol. The van der Waals surface area contributed by atoms with Crippen molar-refractivity contribution < 1.29 is 0 Å². The topological polar surface area (TPSA) is 0 Å². The fourth-order valence-corrected chi connectivity index (χ4v) is 4.90. The van der Waals surface area contributed by atoms with Crippen LogP contribution in [0.3, 0.4) is 0 Å². The van der Waals surface area contributed by atoms with Crippen molar-refractivity contribution in [2.75, 3.05) is 0 Å². The Labute approximate surface area is 144 Å². The molecule has 0 saturated carbocycles. The number of rotatable bonds is 0. The van der Waals surface area contributed by atoms with Gasteiger partial charge in [0.05, 0.1) is 0 Å². The van der Waals surface area contributed by atoms with E-state index in [1.807, 2.05) is 0 Å². The summed E-state index contributed by atoms with van der Waals surface area (Å²) < 4.78 is 0. The average molecular weight is 310 g/mol. The van der Waals surface area contributed by atoms with Gasteiger partial charge in [0.25, 0.3) is 0 Å². The highest BCUT2D eigenvalue weighted by molar-refractivity contribution is 5.85. The SMILES string of the molecule is CC1CCc2ccccc2-c2ccc3c(c21)C(C)c1ccccc1-3. The van der Waals surface area contributed by atoms with Gasteiger partial charge in [-0.05, 0) is 63.3 Å². The molecule has 2 aliphatic carbocycles. The minimum absolute atomic E-state index is 0.499. The second-order valence-corrected chi connectivity index (χ2v) is 7.39. The van der Waals surface area contributed by atoms with Crippen molar-refractivity contribution in [2.24, 2.45) is 0 Å². The minimum Gasteiger partial charge on any atom is -0.0620 e. The van der Waals surface area contributed by atoms with Crippen LogP contribution < -0.4 is 0 Å². The van der Waals surface area contributed by atoms with Crippen LogP contribution in [-0.4, -0.2) is 0 Å². The second kappa shape index (κ2) is 5.08. The first kappa shape index (κ1) is 14.0. The lowest BCUT2D eigenvalue weighted by Crippen LogP contribution is -2.03. The maximum Gasteiger partial charge on any atom is 0.00763 e. The molecule has 0 N–H and O–H groups in total. The van der Waals surface area contributed by atoms with Gasteiger partial charge in [-0.3, -0.25) is 0 Å². The molecule has 0 spiro atoms. The van der Waals surface area contributed by atoms with E-state index in [0.717, 1.165) is 0 Å². The summed E-state index contributed by atoms with van der Waals surface area (Å²) in [7, 11) is 0. The van der Waals surface area contributed by atoms with Crippen LogP contribution in [0.15, 0.2) is 60.7 Å². The molecule has 0 amide bonds. The predicted molar refractivity (Wildman–Crippen MR) is 102 cm³/mol. The first-order valence-electron chi connectivity index (χ1n) is 9.10. The minimum atomic E-state index is 0.499. The lowest BCUT2D eigenvalue weighted by molar-refractivity contribution is 0.679. The lowest BCUT2D eigenvalue weighted by atomic mass is 9.83. The van der Waals surface area contributed by atoms with E-state index in [1.165, 1.54) is 46.2 Å². The summed E-state index contributed by atoms with van der Waals surface area (Å²) in [5.74, 6) is 1.11. The Balaban J connectivity index is 1.84. The summed E-state index contributed by atoms with van der Waals surface area (Å²) in [5, 5.41) is 0. The lowest BCUT2D eigenvalue weighted by Gasteiger charge is -2.21. The molecular formula is C24H22. The van der Waals surface area contributed by atoms with Gasteiger partial charge in [-0.1, -0.05) is 74.5 Å². The Morgan fingerprint density at radius 1 is 0.667 bits per heavy atom. The Bertz CT molecular complexity index is 948. The van der Waals surface area contributed by atoms with Crippen molar-refractivity contribution in [1.82, 2.24) is 0 Å². The highest BCUT2D eigenvalue weighted by Gasteiger charge is 2.32. The van der Waals surface area contributed by atoms with Crippen LogP contribution in [0.2, 0.25) is 0 Å². The Kier molecular flexibility index (Phi) is 2.97. The first-order chi connectivity index (χ1) is 11.8. The number of benzene rings is 3. The van der Waals surface area contributed by atoms with Gasteiger partial charge >= 0.3 is 0 Å². The molecule has 0 saturated heterocycles. The molecule has 0 heteroatoms. The predicted octanol–water partition coefficient (Wildman–Crippen LogP) is 6.54. The molecule has 3 aromatic carbocycles. The van der Waals surface area contributed by atoms with Gasteiger partial charge in [0.15, 0.2) is 0 Å². The van der Waals surface area contributed by atoms with E-state index in [1.54, 1.807) is 11.1 Å². The zero-order valence-corrected chi connectivity index (χ0v) is 14.3. The molecule has 0 aliphatic heterocycles. The fraction of sp³-hybridized carbons (Fsp3) is 0.250. The summed E-state index contributed by atoms with van der Waals surface area (Å²) in [6, 6.07) is 22.7. The molecule has 5 rings (SSSR count). The fourth-order valence-electron chi connectivity index (χ4n) is 4.90. The van der Waals surface area contributed by atoms with Gasteiger partial charge in [-0.15, -0.1) is 0 Å². The quantitative estimate of drug-likeness (QED) is 0.442. The van der Waals surface area contributed by atoms with Gasteiger partial charge in [-0.25, -0.2) is 0 Å². The van der Waals surface area contributed by atoms with Crippen LogP contribution in [0, 0.1) is 0 Å². The summed E-state index contributed by atoms with van der Waals surface area (Å²) in [6.45, 7) is 4.80. The Morgan fingerprint density at radius 2 is 1.33 bits per heavy atom. The molecule has 118 valence electrons. The van der Waals surface area contributed by atoms with Crippen LogP contribution in [0.5, 0.6) is 0 Å². The van der Waals surface area contributed by atoms with E-state index in [9.17, 15) is 0 Å². The molecule has 2 aliphatic rings. The number of hydrogen-bond donors (Lipinski definition) is 0. The van der Waals surface area contributed by atoms with E-state index in [2.05, 4.69) is 74.5 Å². The highest BCUT2D eigenvalue weighted by atomic mass is 14.4. The molecule has 24 heavy (non-hydrogen) atoms. The van der Waals surface area contributed by atoms with Crippen LogP contribution >= 0.6 is 0 Å². The molecule has 2 atom stereocenters. The largest absolute Gasteiger partial charge is 0.0620 e. The maximum atomic E-state index is 2.42. The first-order valence-corrected chi connectivity index (χ1v) is 9.10. The number of hydrogen-bond acceptors (Lipinski definition) is 0. The molecule has 0 heterocycles. The van der Waals surface area contributed by atoms with Crippen LogP contribution in [0.1, 0.15) is 54.4 Å². The number of fused-ring (bicyclic) bond motifs is 7. The van der Waals surface area contributed by atoms with E-state index in [4.69, 9.17) is 0 Å². The second-order valence-electron chi connectivity index (χ2n) is 7.39. The van der Waals surface area contributed by atoms with Gasteiger partial charge in [0.1, 0.15) is 0 Å². The molecule has 0 aromatic heterocycles.